The summed E-state index contributed by atoms with van der Waals surface area (Å²) in [6.07, 6.45) is 1.09. The number of amides is 2. The number of carbonyl (C=O) groups excluding carboxylic acids is 2. The van der Waals surface area contributed by atoms with Gasteiger partial charge >= 0.3 is 0 Å². The third-order valence-corrected chi connectivity index (χ3v) is 5.92. The average Bonchev–Trinajstić information content (AvgIpc) is 2.93. The number of aliphatic imine (C=N–C) groups is 1. The highest BCUT2D eigenvalue weighted by atomic mass is 16.2. The second kappa shape index (κ2) is 9.18. The number of anilines is 2. The summed E-state index contributed by atoms with van der Waals surface area (Å²) in [6.45, 7) is 6.02. The van der Waals surface area contributed by atoms with Gasteiger partial charge in [0, 0.05) is 5.69 Å². The quantitative estimate of drug-likeness (QED) is 0.598. The molecular formula is C27H27N3O2. The van der Waals surface area contributed by atoms with E-state index >= 15 is 0 Å². The Morgan fingerprint density at radius 2 is 1.75 bits per heavy atom. The van der Waals surface area contributed by atoms with Gasteiger partial charge in [-0.2, -0.15) is 0 Å². The maximum absolute atomic E-state index is 13.3. The number of para-hydroxylation sites is 2. The van der Waals surface area contributed by atoms with Gasteiger partial charge in [-0.15, -0.1) is 0 Å². The molecule has 4 rings (SSSR count). The van der Waals surface area contributed by atoms with Gasteiger partial charge in [0.15, 0.2) is 0 Å². The van der Waals surface area contributed by atoms with E-state index in [1.54, 1.807) is 0 Å². The third kappa shape index (κ3) is 4.47. The van der Waals surface area contributed by atoms with Crippen LogP contribution in [0.4, 0.5) is 17.1 Å². The highest BCUT2D eigenvalue weighted by Crippen LogP contribution is 2.33. The second-order valence-electron chi connectivity index (χ2n) is 8.05. The van der Waals surface area contributed by atoms with Gasteiger partial charge in [0.25, 0.3) is 0 Å². The summed E-state index contributed by atoms with van der Waals surface area (Å²) in [5, 5.41) is 2.96. The molecule has 0 saturated heterocycles. The number of nitrogens with zero attached hydrogens (tertiary/aromatic N) is 2. The van der Waals surface area contributed by atoms with Crippen molar-refractivity contribution in [3.63, 3.8) is 0 Å². The van der Waals surface area contributed by atoms with Gasteiger partial charge in [0.05, 0.1) is 23.5 Å². The minimum absolute atomic E-state index is 0.0686. The van der Waals surface area contributed by atoms with Crippen LogP contribution in [0.5, 0.6) is 0 Å². The van der Waals surface area contributed by atoms with Crippen molar-refractivity contribution < 1.29 is 9.59 Å². The molecule has 1 aliphatic rings. The number of fused-ring (bicyclic) bond motifs is 1. The predicted molar refractivity (Wildman–Crippen MR) is 130 cm³/mol. The maximum Gasteiger partial charge on any atom is 0.244 e. The predicted octanol–water partition coefficient (Wildman–Crippen LogP) is 5.36. The van der Waals surface area contributed by atoms with Crippen LogP contribution < -0.4 is 10.2 Å². The van der Waals surface area contributed by atoms with Crippen LogP contribution in [-0.4, -0.2) is 24.1 Å². The van der Waals surface area contributed by atoms with E-state index < -0.39 is 0 Å². The Bertz CT molecular complexity index is 1200. The molecule has 0 atom stereocenters. The summed E-state index contributed by atoms with van der Waals surface area (Å²) >= 11 is 0. The van der Waals surface area contributed by atoms with Crippen LogP contribution in [-0.2, 0) is 16.0 Å². The summed E-state index contributed by atoms with van der Waals surface area (Å²) in [6, 6.07) is 21.4. The van der Waals surface area contributed by atoms with Crippen LogP contribution in [0.1, 0.15) is 35.6 Å². The van der Waals surface area contributed by atoms with E-state index in [-0.39, 0.29) is 24.8 Å². The fourth-order valence-electron chi connectivity index (χ4n) is 3.84. The molecule has 0 fully saturated rings. The molecule has 5 nitrogen and oxygen atoms in total. The molecule has 2 amide bonds. The van der Waals surface area contributed by atoms with Crippen molar-refractivity contribution in [1.82, 2.24) is 0 Å². The van der Waals surface area contributed by atoms with E-state index in [4.69, 9.17) is 4.99 Å². The summed E-state index contributed by atoms with van der Waals surface area (Å²) in [4.78, 5) is 32.5. The van der Waals surface area contributed by atoms with Crippen molar-refractivity contribution in [3.8, 4) is 0 Å². The molecule has 32 heavy (non-hydrogen) atoms. The Morgan fingerprint density at radius 1 is 1.00 bits per heavy atom. The van der Waals surface area contributed by atoms with Gasteiger partial charge in [-0.05, 0) is 60.7 Å². The Morgan fingerprint density at radius 3 is 2.50 bits per heavy atom. The van der Waals surface area contributed by atoms with E-state index in [0.717, 1.165) is 28.8 Å². The van der Waals surface area contributed by atoms with E-state index in [0.29, 0.717) is 17.1 Å². The number of hydrogen-bond acceptors (Lipinski definition) is 3. The molecular weight excluding hydrogens is 398 g/mol. The Hall–Kier alpha value is -3.73. The smallest absolute Gasteiger partial charge is 0.244 e. The monoisotopic (exact) mass is 425 g/mol. The molecule has 1 N–H and O–H groups in total. The Labute approximate surface area is 188 Å². The van der Waals surface area contributed by atoms with Gasteiger partial charge < -0.3 is 10.2 Å². The number of hydrogen-bond donors (Lipinski definition) is 1. The molecule has 0 spiro atoms. The minimum atomic E-state index is -0.238. The van der Waals surface area contributed by atoms with Crippen molar-refractivity contribution in [2.75, 3.05) is 16.8 Å². The number of aryl methyl sites for hydroxylation is 2. The first-order valence-corrected chi connectivity index (χ1v) is 10.9. The standard InChI is InChI=1S/C27H27N3O2/c1-4-20-12-14-21(15-13-20)24-16-27(32)30(25-11-6-5-9-23(25)28-24)17-26(31)29-22-10-7-8-18(2)19(22)3/h5-15H,4,16-17H2,1-3H3,(H,29,31). The average molecular weight is 426 g/mol. The van der Waals surface area contributed by atoms with Crippen molar-refractivity contribution >= 4 is 34.6 Å². The molecule has 1 aliphatic heterocycles. The van der Waals surface area contributed by atoms with E-state index in [1.807, 2.05) is 68.4 Å². The fraction of sp³-hybridized carbons (Fsp3) is 0.222. The summed E-state index contributed by atoms with van der Waals surface area (Å²) in [5.41, 5.74) is 7.09. The van der Waals surface area contributed by atoms with E-state index in [9.17, 15) is 9.59 Å². The lowest BCUT2D eigenvalue weighted by molar-refractivity contribution is -0.120. The van der Waals surface area contributed by atoms with Crippen LogP contribution in [0.2, 0.25) is 0 Å². The lowest BCUT2D eigenvalue weighted by Crippen LogP contribution is -2.38. The molecule has 3 aromatic carbocycles. The van der Waals surface area contributed by atoms with E-state index in [1.165, 1.54) is 10.5 Å². The molecule has 0 saturated carbocycles. The van der Waals surface area contributed by atoms with Crippen molar-refractivity contribution in [2.45, 2.75) is 33.6 Å². The highest BCUT2D eigenvalue weighted by molar-refractivity contribution is 6.19. The summed E-state index contributed by atoms with van der Waals surface area (Å²) in [5.74, 6) is -0.387. The number of rotatable bonds is 5. The first-order chi connectivity index (χ1) is 15.5. The number of nitrogens with one attached hydrogen (secondary N) is 1. The minimum Gasteiger partial charge on any atom is -0.324 e. The first kappa shape index (κ1) is 21.5. The topological polar surface area (TPSA) is 61.8 Å². The second-order valence-corrected chi connectivity index (χ2v) is 8.05. The lowest BCUT2D eigenvalue weighted by atomic mass is 10.0. The molecule has 0 unspecified atom stereocenters. The SMILES string of the molecule is CCc1ccc(C2=Nc3ccccc3N(CC(=O)Nc3cccc(C)c3C)C(=O)C2)cc1. The third-order valence-electron chi connectivity index (χ3n) is 5.92. The number of carbonyl (C=O) groups is 2. The summed E-state index contributed by atoms with van der Waals surface area (Å²) in [7, 11) is 0. The van der Waals surface area contributed by atoms with Crippen LogP contribution in [0, 0.1) is 13.8 Å². The van der Waals surface area contributed by atoms with Gasteiger partial charge in [0.1, 0.15) is 6.54 Å². The van der Waals surface area contributed by atoms with Gasteiger partial charge in [0.2, 0.25) is 11.8 Å². The van der Waals surface area contributed by atoms with E-state index in [2.05, 4.69) is 24.4 Å². The normalized spacial score (nSPS) is 13.3. The largest absolute Gasteiger partial charge is 0.324 e. The zero-order valence-corrected chi connectivity index (χ0v) is 18.7. The van der Waals surface area contributed by atoms with Gasteiger partial charge in [-0.25, -0.2) is 0 Å². The molecule has 1 heterocycles. The zero-order chi connectivity index (χ0) is 22.7. The van der Waals surface area contributed by atoms with Crippen molar-refractivity contribution in [3.05, 3.63) is 89.0 Å². The molecule has 0 aromatic heterocycles. The lowest BCUT2D eigenvalue weighted by Gasteiger charge is -2.22. The molecule has 0 radical (unpaired) electrons. The van der Waals surface area contributed by atoms with Crippen LogP contribution in [0.15, 0.2) is 71.7 Å². The van der Waals surface area contributed by atoms with Crippen molar-refractivity contribution in [2.24, 2.45) is 4.99 Å². The molecule has 0 bridgehead atoms. The fourth-order valence-corrected chi connectivity index (χ4v) is 3.84. The van der Waals surface area contributed by atoms with Gasteiger partial charge in [-0.3, -0.25) is 14.6 Å². The highest BCUT2D eigenvalue weighted by Gasteiger charge is 2.26. The Balaban J connectivity index is 1.60. The molecule has 5 heteroatoms. The Kier molecular flexibility index (Phi) is 6.17. The van der Waals surface area contributed by atoms with Gasteiger partial charge in [-0.1, -0.05) is 55.5 Å². The maximum atomic E-state index is 13.3. The molecule has 162 valence electrons. The molecule has 3 aromatic rings. The zero-order valence-electron chi connectivity index (χ0n) is 18.7. The molecule has 0 aliphatic carbocycles. The van der Waals surface area contributed by atoms with Crippen LogP contribution in [0.25, 0.3) is 0 Å². The van der Waals surface area contributed by atoms with Crippen molar-refractivity contribution in [1.29, 1.82) is 0 Å². The van der Waals surface area contributed by atoms with Crippen LogP contribution in [0.3, 0.4) is 0 Å². The summed E-state index contributed by atoms with van der Waals surface area (Å²) < 4.78 is 0. The first-order valence-electron chi connectivity index (χ1n) is 10.9. The van der Waals surface area contributed by atoms with Crippen LogP contribution >= 0.6 is 0 Å². The number of benzene rings is 3.